The maximum absolute atomic E-state index is 5.12. The van der Waals surface area contributed by atoms with Crippen molar-refractivity contribution in [2.75, 3.05) is 20.2 Å². The van der Waals surface area contributed by atoms with Crippen LogP contribution < -0.4 is 4.74 Å². The molecule has 0 bridgehead atoms. The van der Waals surface area contributed by atoms with E-state index >= 15 is 0 Å². The highest BCUT2D eigenvalue weighted by atomic mass is 16.5. The van der Waals surface area contributed by atoms with Gasteiger partial charge in [-0.2, -0.15) is 0 Å². The fourth-order valence-corrected chi connectivity index (χ4v) is 2.88. The molecule has 0 radical (unpaired) electrons. The molecule has 0 atom stereocenters. The van der Waals surface area contributed by atoms with Gasteiger partial charge in [0.05, 0.1) is 19.0 Å². The van der Waals surface area contributed by atoms with Crippen LogP contribution in [0.2, 0.25) is 0 Å². The predicted molar refractivity (Wildman–Crippen MR) is 83.8 cm³/mol. The Morgan fingerprint density at radius 2 is 2.05 bits per heavy atom. The zero-order valence-corrected chi connectivity index (χ0v) is 12.8. The zero-order valence-electron chi connectivity index (χ0n) is 12.8. The van der Waals surface area contributed by atoms with E-state index < -0.39 is 0 Å². The van der Waals surface area contributed by atoms with Crippen LogP contribution >= 0.6 is 0 Å². The van der Waals surface area contributed by atoms with Crippen LogP contribution in [-0.4, -0.2) is 34.7 Å². The molecule has 112 valence electrons. The highest BCUT2D eigenvalue weighted by molar-refractivity contribution is 5.34. The molecule has 3 rings (SSSR count). The standard InChI is InChI=1S/C17H23N3O/c1-14-7-10-19(11-8-14)13-16-4-3-9-20(16)15-5-6-17(21-2)18-12-15/h3-6,9,12,14H,7-8,10-11,13H2,1-2H3. The third-order valence-corrected chi connectivity index (χ3v) is 4.30. The monoisotopic (exact) mass is 285 g/mol. The number of hydrogen-bond acceptors (Lipinski definition) is 3. The second-order valence-corrected chi connectivity index (χ2v) is 5.89. The lowest BCUT2D eigenvalue weighted by Crippen LogP contribution is -2.32. The lowest BCUT2D eigenvalue weighted by molar-refractivity contribution is 0.182. The van der Waals surface area contributed by atoms with Crippen LogP contribution in [0.4, 0.5) is 0 Å². The van der Waals surface area contributed by atoms with Crippen molar-refractivity contribution in [3.05, 3.63) is 42.4 Å². The van der Waals surface area contributed by atoms with E-state index in [1.807, 2.05) is 18.3 Å². The highest BCUT2D eigenvalue weighted by Crippen LogP contribution is 2.20. The minimum atomic E-state index is 0.650. The molecule has 1 aliphatic heterocycles. The second kappa shape index (κ2) is 6.31. The molecule has 2 aromatic heterocycles. The van der Waals surface area contributed by atoms with Crippen LogP contribution in [0, 0.1) is 5.92 Å². The minimum Gasteiger partial charge on any atom is -0.481 e. The third kappa shape index (κ3) is 3.27. The average molecular weight is 285 g/mol. The molecule has 0 N–H and O–H groups in total. The topological polar surface area (TPSA) is 30.3 Å². The predicted octanol–water partition coefficient (Wildman–Crippen LogP) is 3.11. The van der Waals surface area contributed by atoms with Crippen LogP contribution in [0.15, 0.2) is 36.7 Å². The molecule has 2 aromatic rings. The van der Waals surface area contributed by atoms with Crippen molar-refractivity contribution in [3.8, 4) is 11.6 Å². The third-order valence-electron chi connectivity index (χ3n) is 4.30. The average Bonchev–Trinajstić information content (AvgIpc) is 2.98. The van der Waals surface area contributed by atoms with Crippen LogP contribution in [0.5, 0.6) is 5.88 Å². The van der Waals surface area contributed by atoms with Crippen molar-refractivity contribution >= 4 is 0 Å². The SMILES string of the molecule is COc1ccc(-n2cccc2CN2CCC(C)CC2)cn1. The lowest BCUT2D eigenvalue weighted by Gasteiger charge is -2.30. The molecule has 1 fully saturated rings. The zero-order chi connectivity index (χ0) is 14.7. The number of aromatic nitrogens is 2. The maximum atomic E-state index is 5.12. The maximum Gasteiger partial charge on any atom is 0.213 e. The van der Waals surface area contributed by atoms with Crippen molar-refractivity contribution in [1.82, 2.24) is 14.5 Å². The van der Waals surface area contributed by atoms with E-state index in [9.17, 15) is 0 Å². The second-order valence-electron chi connectivity index (χ2n) is 5.89. The quantitative estimate of drug-likeness (QED) is 0.864. The fraction of sp³-hybridized carbons (Fsp3) is 0.471. The van der Waals surface area contributed by atoms with Gasteiger partial charge in [0.25, 0.3) is 0 Å². The molecule has 0 spiro atoms. The van der Waals surface area contributed by atoms with E-state index in [-0.39, 0.29) is 0 Å². The van der Waals surface area contributed by atoms with Gasteiger partial charge in [-0.3, -0.25) is 4.90 Å². The molecule has 4 heteroatoms. The largest absolute Gasteiger partial charge is 0.481 e. The number of hydrogen-bond donors (Lipinski definition) is 0. The molecule has 4 nitrogen and oxygen atoms in total. The van der Waals surface area contributed by atoms with Crippen LogP contribution in [0.1, 0.15) is 25.5 Å². The number of ether oxygens (including phenoxy) is 1. The summed E-state index contributed by atoms with van der Waals surface area (Å²) in [7, 11) is 1.64. The van der Waals surface area contributed by atoms with E-state index in [2.05, 4.69) is 39.7 Å². The van der Waals surface area contributed by atoms with E-state index in [0.717, 1.165) is 18.2 Å². The molecular formula is C17H23N3O. The Morgan fingerprint density at radius 1 is 1.24 bits per heavy atom. The van der Waals surface area contributed by atoms with Gasteiger partial charge in [-0.05, 0) is 50.0 Å². The van der Waals surface area contributed by atoms with Crippen molar-refractivity contribution in [1.29, 1.82) is 0 Å². The van der Waals surface area contributed by atoms with Crippen molar-refractivity contribution < 1.29 is 4.74 Å². The molecule has 0 aliphatic carbocycles. The minimum absolute atomic E-state index is 0.650. The Hall–Kier alpha value is -1.81. The Balaban J connectivity index is 1.74. The highest BCUT2D eigenvalue weighted by Gasteiger charge is 2.17. The van der Waals surface area contributed by atoms with Crippen LogP contribution in [0.3, 0.4) is 0 Å². The summed E-state index contributed by atoms with van der Waals surface area (Å²) in [5.41, 5.74) is 2.40. The Bertz CT molecular complexity index is 568. The molecule has 21 heavy (non-hydrogen) atoms. The summed E-state index contributed by atoms with van der Waals surface area (Å²) in [5, 5.41) is 0. The number of nitrogens with zero attached hydrogens (tertiary/aromatic N) is 3. The molecule has 1 saturated heterocycles. The smallest absolute Gasteiger partial charge is 0.213 e. The van der Waals surface area contributed by atoms with Gasteiger partial charge in [0.1, 0.15) is 0 Å². The summed E-state index contributed by atoms with van der Waals surface area (Å²) < 4.78 is 7.33. The number of methoxy groups -OCH3 is 1. The van der Waals surface area contributed by atoms with Gasteiger partial charge >= 0.3 is 0 Å². The Morgan fingerprint density at radius 3 is 2.71 bits per heavy atom. The van der Waals surface area contributed by atoms with Gasteiger partial charge in [0.2, 0.25) is 5.88 Å². The molecule has 0 saturated carbocycles. The van der Waals surface area contributed by atoms with Crippen molar-refractivity contribution in [3.63, 3.8) is 0 Å². The summed E-state index contributed by atoms with van der Waals surface area (Å²) in [6, 6.07) is 8.25. The first kappa shape index (κ1) is 14.1. The Labute approximate surface area is 126 Å². The molecule has 0 unspecified atom stereocenters. The number of piperidine rings is 1. The fourth-order valence-electron chi connectivity index (χ4n) is 2.88. The first-order valence-electron chi connectivity index (χ1n) is 7.65. The lowest BCUT2D eigenvalue weighted by atomic mass is 9.99. The van der Waals surface area contributed by atoms with Gasteiger partial charge in [0, 0.05) is 24.5 Å². The van der Waals surface area contributed by atoms with E-state index in [1.165, 1.54) is 31.6 Å². The van der Waals surface area contributed by atoms with Gasteiger partial charge < -0.3 is 9.30 Å². The molecular weight excluding hydrogens is 262 g/mol. The molecule has 0 amide bonds. The summed E-state index contributed by atoms with van der Waals surface area (Å²) in [4.78, 5) is 6.84. The van der Waals surface area contributed by atoms with Crippen LogP contribution in [0.25, 0.3) is 5.69 Å². The van der Waals surface area contributed by atoms with E-state index in [4.69, 9.17) is 4.74 Å². The molecule has 3 heterocycles. The van der Waals surface area contributed by atoms with Gasteiger partial charge in [-0.25, -0.2) is 4.98 Å². The molecule has 1 aliphatic rings. The number of pyridine rings is 1. The molecule has 0 aromatic carbocycles. The summed E-state index contributed by atoms with van der Waals surface area (Å²) in [6.45, 7) is 5.76. The summed E-state index contributed by atoms with van der Waals surface area (Å²) in [5.74, 6) is 1.52. The normalized spacial score (nSPS) is 17.0. The van der Waals surface area contributed by atoms with Gasteiger partial charge in [-0.15, -0.1) is 0 Å². The summed E-state index contributed by atoms with van der Waals surface area (Å²) in [6.07, 6.45) is 6.58. The van der Waals surface area contributed by atoms with E-state index in [0.29, 0.717) is 5.88 Å². The summed E-state index contributed by atoms with van der Waals surface area (Å²) >= 11 is 0. The van der Waals surface area contributed by atoms with Gasteiger partial charge in [0.15, 0.2) is 0 Å². The van der Waals surface area contributed by atoms with Gasteiger partial charge in [-0.1, -0.05) is 6.92 Å². The number of likely N-dealkylation sites (tertiary alicyclic amines) is 1. The first-order chi connectivity index (χ1) is 10.3. The Kier molecular flexibility index (Phi) is 4.25. The van der Waals surface area contributed by atoms with Crippen LogP contribution in [-0.2, 0) is 6.54 Å². The number of rotatable bonds is 4. The van der Waals surface area contributed by atoms with E-state index in [1.54, 1.807) is 7.11 Å². The van der Waals surface area contributed by atoms with Crippen molar-refractivity contribution in [2.45, 2.75) is 26.3 Å². The first-order valence-corrected chi connectivity index (χ1v) is 7.65. The van der Waals surface area contributed by atoms with Crippen molar-refractivity contribution in [2.24, 2.45) is 5.92 Å².